The van der Waals surface area contributed by atoms with E-state index in [1.165, 1.54) is 15.1 Å². The van der Waals surface area contributed by atoms with Gasteiger partial charge in [0.05, 0.1) is 21.7 Å². The zero-order valence-electron chi connectivity index (χ0n) is 19.6. The van der Waals surface area contributed by atoms with Crippen molar-refractivity contribution in [1.82, 2.24) is 14.1 Å². The van der Waals surface area contributed by atoms with Crippen molar-refractivity contribution in [3.05, 3.63) is 58.5 Å². The third-order valence-electron chi connectivity index (χ3n) is 6.03. The summed E-state index contributed by atoms with van der Waals surface area (Å²) >= 11 is 0. The molecule has 4 rings (SSSR count). The van der Waals surface area contributed by atoms with Gasteiger partial charge in [0, 0.05) is 39.1 Å². The molecule has 0 unspecified atom stereocenters. The van der Waals surface area contributed by atoms with Crippen molar-refractivity contribution >= 4 is 38.1 Å². The summed E-state index contributed by atoms with van der Waals surface area (Å²) in [6.07, 6.45) is 2.70. The minimum atomic E-state index is -3.68. The minimum absolute atomic E-state index is 0.103. The zero-order chi connectivity index (χ0) is 24.5. The van der Waals surface area contributed by atoms with Crippen LogP contribution in [0.1, 0.15) is 36.7 Å². The van der Waals surface area contributed by atoms with Gasteiger partial charge in [-0.05, 0) is 44.0 Å². The second-order valence-corrected chi connectivity index (χ2v) is 10.4. The molecule has 1 fully saturated rings. The number of anilines is 2. The third-order valence-corrected chi connectivity index (χ3v) is 7.93. The van der Waals surface area contributed by atoms with Crippen LogP contribution >= 0.6 is 0 Å². The summed E-state index contributed by atoms with van der Waals surface area (Å²) in [6, 6.07) is 11.6. The quantitative estimate of drug-likeness (QED) is 0.578. The summed E-state index contributed by atoms with van der Waals surface area (Å²) in [5.74, 6) is -0.519. The van der Waals surface area contributed by atoms with Gasteiger partial charge in [0.15, 0.2) is 5.69 Å². The molecule has 0 bridgehead atoms. The molecule has 180 valence electrons. The monoisotopic (exact) mass is 483 g/mol. The van der Waals surface area contributed by atoms with Crippen molar-refractivity contribution in [3.8, 4) is 0 Å². The Morgan fingerprint density at radius 1 is 1.06 bits per heavy atom. The van der Waals surface area contributed by atoms with E-state index in [9.17, 15) is 18.0 Å². The minimum Gasteiger partial charge on any atom is -0.376 e. The van der Waals surface area contributed by atoms with E-state index in [2.05, 4.69) is 10.4 Å². The number of aryl methyl sites for hydroxylation is 1. The summed E-state index contributed by atoms with van der Waals surface area (Å²) < 4.78 is 29.2. The molecule has 1 amide bonds. The molecule has 1 N–H and O–H groups in total. The molecule has 2 heterocycles. The number of fused-ring (bicyclic) bond motifs is 1. The molecule has 2 aromatic carbocycles. The first-order valence-corrected chi connectivity index (χ1v) is 12.8. The van der Waals surface area contributed by atoms with Crippen LogP contribution in [0.2, 0.25) is 0 Å². The van der Waals surface area contributed by atoms with Gasteiger partial charge in [-0.3, -0.25) is 9.59 Å². The predicted molar refractivity (Wildman–Crippen MR) is 133 cm³/mol. The highest BCUT2D eigenvalue weighted by Gasteiger charge is 2.27. The number of benzene rings is 2. The van der Waals surface area contributed by atoms with Crippen molar-refractivity contribution in [2.24, 2.45) is 0 Å². The number of amides is 1. The summed E-state index contributed by atoms with van der Waals surface area (Å²) in [4.78, 5) is 27.9. The fourth-order valence-corrected chi connectivity index (χ4v) is 5.76. The van der Waals surface area contributed by atoms with Crippen LogP contribution in [0.5, 0.6) is 0 Å². The van der Waals surface area contributed by atoms with E-state index in [1.54, 1.807) is 48.2 Å². The maximum Gasteiger partial charge on any atom is 0.276 e. The van der Waals surface area contributed by atoms with Gasteiger partial charge in [-0.2, -0.15) is 9.40 Å². The van der Waals surface area contributed by atoms with Crippen LogP contribution in [-0.2, 0) is 16.6 Å². The second kappa shape index (κ2) is 9.55. The highest BCUT2D eigenvalue weighted by Crippen LogP contribution is 2.30. The standard InChI is InChI=1S/C24H29N5O4S/c1-4-29-24(31)19-11-7-6-10-18(19)22(26-29)23(30)25-20-16-17(12-13-21(20)27(2)3)34(32,33)28-14-8-5-9-15-28/h6-7,10-13,16H,4-5,8-9,14-15H2,1-3H3,(H,25,30). The molecule has 1 aliphatic rings. The number of rotatable bonds is 6. The Balaban J connectivity index is 1.77. The van der Waals surface area contributed by atoms with Crippen LogP contribution in [0, 0.1) is 0 Å². The maximum atomic E-state index is 13.4. The molecular formula is C24H29N5O4S. The predicted octanol–water partition coefficient (Wildman–Crippen LogP) is 2.91. The van der Waals surface area contributed by atoms with E-state index in [0.717, 1.165) is 19.3 Å². The van der Waals surface area contributed by atoms with E-state index in [0.29, 0.717) is 41.8 Å². The number of nitrogens with one attached hydrogen (secondary N) is 1. The smallest absolute Gasteiger partial charge is 0.276 e. The van der Waals surface area contributed by atoms with Gasteiger partial charge in [-0.15, -0.1) is 0 Å². The van der Waals surface area contributed by atoms with Gasteiger partial charge in [0.2, 0.25) is 10.0 Å². The molecule has 3 aromatic rings. The number of hydrogen-bond donors (Lipinski definition) is 1. The van der Waals surface area contributed by atoms with Crippen LogP contribution in [0.3, 0.4) is 0 Å². The van der Waals surface area contributed by atoms with E-state index in [4.69, 9.17) is 0 Å². The Morgan fingerprint density at radius 3 is 2.38 bits per heavy atom. The first-order valence-electron chi connectivity index (χ1n) is 11.4. The fourth-order valence-electron chi connectivity index (χ4n) is 4.22. The first-order chi connectivity index (χ1) is 16.2. The van der Waals surface area contributed by atoms with Gasteiger partial charge >= 0.3 is 0 Å². The van der Waals surface area contributed by atoms with Crippen molar-refractivity contribution in [1.29, 1.82) is 0 Å². The van der Waals surface area contributed by atoms with E-state index < -0.39 is 15.9 Å². The summed E-state index contributed by atoms with van der Waals surface area (Å²) in [7, 11) is -0.0475. The number of carbonyl (C=O) groups excluding carboxylic acids is 1. The molecular weight excluding hydrogens is 454 g/mol. The van der Waals surface area contributed by atoms with Crippen LogP contribution < -0.4 is 15.8 Å². The number of nitrogens with zero attached hydrogens (tertiary/aromatic N) is 4. The van der Waals surface area contributed by atoms with Crippen LogP contribution in [0.4, 0.5) is 11.4 Å². The molecule has 0 radical (unpaired) electrons. The lowest BCUT2D eigenvalue weighted by atomic mass is 10.1. The molecule has 1 aromatic heterocycles. The van der Waals surface area contributed by atoms with E-state index >= 15 is 0 Å². The van der Waals surface area contributed by atoms with Crippen molar-refractivity contribution in [2.45, 2.75) is 37.6 Å². The van der Waals surface area contributed by atoms with E-state index in [1.807, 2.05) is 14.1 Å². The van der Waals surface area contributed by atoms with Crippen LogP contribution in [-0.4, -0.2) is 55.6 Å². The SMILES string of the molecule is CCn1nc(C(=O)Nc2cc(S(=O)(=O)N3CCCCC3)ccc2N(C)C)c2ccccc2c1=O. The lowest BCUT2D eigenvalue weighted by Crippen LogP contribution is -2.35. The molecule has 1 saturated heterocycles. The molecule has 34 heavy (non-hydrogen) atoms. The Bertz CT molecular complexity index is 1390. The van der Waals surface area contributed by atoms with Gasteiger partial charge in [-0.1, -0.05) is 24.6 Å². The van der Waals surface area contributed by atoms with Crippen LogP contribution in [0.15, 0.2) is 52.2 Å². The number of carbonyl (C=O) groups is 1. The Labute approximate surface area is 199 Å². The molecule has 0 aliphatic carbocycles. The maximum absolute atomic E-state index is 13.4. The van der Waals surface area contributed by atoms with Gasteiger partial charge in [-0.25, -0.2) is 13.1 Å². The normalized spacial score (nSPS) is 14.8. The van der Waals surface area contributed by atoms with Gasteiger partial charge in [0.1, 0.15) is 0 Å². The Kier molecular flexibility index (Phi) is 6.72. The van der Waals surface area contributed by atoms with Crippen molar-refractivity contribution in [3.63, 3.8) is 0 Å². The number of aromatic nitrogens is 2. The lowest BCUT2D eigenvalue weighted by Gasteiger charge is -2.26. The van der Waals surface area contributed by atoms with Gasteiger partial charge in [0.25, 0.3) is 11.5 Å². The molecule has 0 saturated carbocycles. The largest absolute Gasteiger partial charge is 0.376 e. The number of sulfonamides is 1. The molecule has 0 atom stereocenters. The zero-order valence-corrected chi connectivity index (χ0v) is 20.4. The average molecular weight is 484 g/mol. The molecule has 10 heteroatoms. The molecule has 0 spiro atoms. The van der Waals surface area contributed by atoms with Gasteiger partial charge < -0.3 is 10.2 Å². The summed E-state index contributed by atoms with van der Waals surface area (Å²) in [5, 5.41) is 7.98. The number of hydrogen-bond acceptors (Lipinski definition) is 6. The average Bonchev–Trinajstić information content (AvgIpc) is 2.84. The topological polar surface area (TPSA) is 105 Å². The fraction of sp³-hybridized carbons (Fsp3) is 0.375. The second-order valence-electron chi connectivity index (χ2n) is 8.51. The van der Waals surface area contributed by atoms with Crippen molar-refractivity contribution in [2.75, 3.05) is 37.4 Å². The number of piperidine rings is 1. The Morgan fingerprint density at radius 2 is 1.74 bits per heavy atom. The summed E-state index contributed by atoms with van der Waals surface area (Å²) in [6.45, 7) is 3.09. The lowest BCUT2D eigenvalue weighted by molar-refractivity contribution is 0.102. The third kappa shape index (κ3) is 4.43. The van der Waals surface area contributed by atoms with E-state index in [-0.39, 0.29) is 16.1 Å². The Hall–Kier alpha value is -3.24. The first kappa shape index (κ1) is 23.9. The molecule has 9 nitrogen and oxygen atoms in total. The van der Waals surface area contributed by atoms with Crippen molar-refractivity contribution < 1.29 is 13.2 Å². The van der Waals surface area contributed by atoms with Crippen LogP contribution in [0.25, 0.3) is 10.8 Å². The highest BCUT2D eigenvalue weighted by atomic mass is 32.2. The molecule has 1 aliphatic heterocycles. The summed E-state index contributed by atoms with van der Waals surface area (Å²) in [5.41, 5.74) is 0.844. The highest BCUT2D eigenvalue weighted by molar-refractivity contribution is 7.89.